The third kappa shape index (κ3) is 5.21. The van der Waals surface area contributed by atoms with Crippen molar-refractivity contribution in [3.63, 3.8) is 0 Å². The summed E-state index contributed by atoms with van der Waals surface area (Å²) in [7, 11) is 1.53. The molecule has 2 aromatic carbocycles. The highest BCUT2D eigenvalue weighted by molar-refractivity contribution is 7.19. The minimum absolute atomic E-state index is 0.0127. The van der Waals surface area contributed by atoms with Crippen molar-refractivity contribution in [2.75, 3.05) is 24.4 Å². The molecular formula is C23H21N3O7S. The number of nitrogens with zero attached hydrogens (tertiary/aromatic N) is 1. The van der Waals surface area contributed by atoms with Gasteiger partial charge in [0.2, 0.25) is 0 Å². The molecule has 0 saturated heterocycles. The minimum Gasteiger partial charge on any atom is -0.497 e. The van der Waals surface area contributed by atoms with E-state index < -0.39 is 22.7 Å². The number of benzene rings is 2. The van der Waals surface area contributed by atoms with E-state index >= 15 is 0 Å². The van der Waals surface area contributed by atoms with E-state index in [1.807, 2.05) is 0 Å². The third-order valence-corrected chi connectivity index (χ3v) is 5.96. The molecule has 3 rings (SSSR count). The molecule has 1 aromatic heterocycles. The molecule has 0 spiro atoms. The van der Waals surface area contributed by atoms with Crippen molar-refractivity contribution in [1.82, 2.24) is 0 Å². The number of carbonyl (C=O) groups is 3. The van der Waals surface area contributed by atoms with E-state index in [4.69, 9.17) is 9.47 Å². The summed E-state index contributed by atoms with van der Waals surface area (Å²) in [5.41, 5.74) is 0.258. The Hall–Kier alpha value is -4.25. The summed E-state index contributed by atoms with van der Waals surface area (Å²) < 4.78 is 10.2. The van der Waals surface area contributed by atoms with Crippen LogP contribution in [0.5, 0.6) is 5.75 Å². The molecule has 176 valence electrons. The molecule has 2 N–H and O–H groups in total. The molecule has 0 aliphatic carbocycles. The summed E-state index contributed by atoms with van der Waals surface area (Å²) in [5, 5.41) is 16.6. The molecule has 0 saturated carbocycles. The number of esters is 1. The lowest BCUT2D eigenvalue weighted by Crippen LogP contribution is -2.16. The number of amides is 2. The van der Waals surface area contributed by atoms with Crippen LogP contribution in [-0.2, 0) is 4.74 Å². The molecular weight excluding hydrogens is 462 g/mol. The van der Waals surface area contributed by atoms with E-state index in [1.54, 1.807) is 38.1 Å². The van der Waals surface area contributed by atoms with Gasteiger partial charge in [0.05, 0.1) is 29.1 Å². The van der Waals surface area contributed by atoms with Gasteiger partial charge in [-0.3, -0.25) is 19.7 Å². The largest absolute Gasteiger partial charge is 0.497 e. The van der Waals surface area contributed by atoms with E-state index in [0.717, 1.165) is 11.3 Å². The fourth-order valence-corrected chi connectivity index (χ4v) is 4.21. The van der Waals surface area contributed by atoms with Gasteiger partial charge in [-0.15, -0.1) is 11.3 Å². The van der Waals surface area contributed by atoms with Crippen LogP contribution in [0.1, 0.15) is 42.9 Å². The van der Waals surface area contributed by atoms with E-state index in [-0.39, 0.29) is 33.3 Å². The van der Waals surface area contributed by atoms with Crippen molar-refractivity contribution in [1.29, 1.82) is 0 Å². The number of anilines is 2. The Bertz CT molecular complexity index is 1250. The number of hydrogen-bond donors (Lipinski definition) is 2. The summed E-state index contributed by atoms with van der Waals surface area (Å²) in [6, 6.07) is 12.1. The second-order valence-electron chi connectivity index (χ2n) is 6.89. The first-order valence-electron chi connectivity index (χ1n) is 10.1. The SMILES string of the molecule is CCOC(=O)c1c(NC(=O)c2ccccc2[N+](=O)[O-])sc(C(=O)Nc2ccc(OC)cc2)c1C. The predicted molar refractivity (Wildman–Crippen MR) is 127 cm³/mol. The van der Waals surface area contributed by atoms with Crippen molar-refractivity contribution < 1.29 is 28.8 Å². The number of hydrogen-bond acceptors (Lipinski definition) is 8. The molecule has 1 heterocycles. The summed E-state index contributed by atoms with van der Waals surface area (Å²) in [6.45, 7) is 3.27. The number of nitro benzene ring substituents is 1. The highest BCUT2D eigenvalue weighted by atomic mass is 32.1. The quantitative estimate of drug-likeness (QED) is 0.270. The van der Waals surface area contributed by atoms with Crippen LogP contribution < -0.4 is 15.4 Å². The van der Waals surface area contributed by atoms with Crippen molar-refractivity contribution in [3.05, 3.63) is 80.2 Å². The smallest absolute Gasteiger partial charge is 0.341 e. The maximum atomic E-state index is 12.9. The fourth-order valence-electron chi connectivity index (χ4n) is 3.12. The molecule has 0 unspecified atom stereocenters. The summed E-state index contributed by atoms with van der Waals surface area (Å²) in [5.74, 6) is -1.39. The Morgan fingerprint density at radius 2 is 1.71 bits per heavy atom. The molecule has 0 atom stereocenters. The zero-order chi connectivity index (χ0) is 24.8. The van der Waals surface area contributed by atoms with Gasteiger partial charge in [-0.05, 0) is 49.7 Å². The molecule has 0 bridgehead atoms. The average Bonchev–Trinajstić information content (AvgIpc) is 3.15. The van der Waals surface area contributed by atoms with Gasteiger partial charge in [-0.1, -0.05) is 12.1 Å². The number of thiophene rings is 1. The van der Waals surface area contributed by atoms with Gasteiger partial charge in [0, 0.05) is 11.8 Å². The van der Waals surface area contributed by atoms with Gasteiger partial charge in [0.1, 0.15) is 16.3 Å². The third-order valence-electron chi connectivity index (χ3n) is 4.75. The highest BCUT2D eigenvalue weighted by Crippen LogP contribution is 2.35. The first-order chi connectivity index (χ1) is 16.3. The number of nitrogens with one attached hydrogen (secondary N) is 2. The lowest BCUT2D eigenvalue weighted by molar-refractivity contribution is -0.385. The highest BCUT2D eigenvalue weighted by Gasteiger charge is 2.28. The second kappa shape index (κ2) is 10.6. The van der Waals surface area contributed by atoms with Gasteiger partial charge in [-0.2, -0.15) is 0 Å². The Labute approximate surface area is 198 Å². The van der Waals surface area contributed by atoms with Gasteiger partial charge in [-0.25, -0.2) is 4.79 Å². The zero-order valence-corrected chi connectivity index (χ0v) is 19.4. The Balaban J connectivity index is 1.96. The Morgan fingerprint density at radius 3 is 2.32 bits per heavy atom. The van der Waals surface area contributed by atoms with Crippen molar-refractivity contribution in [3.8, 4) is 5.75 Å². The standard InChI is InChI=1S/C23H21N3O7S/c1-4-33-23(29)18-13(2)19(21(28)24-14-9-11-15(32-3)12-10-14)34-22(18)25-20(27)16-7-5-6-8-17(16)26(30)31/h5-12H,4H2,1-3H3,(H,24,28)(H,25,27). The predicted octanol–water partition coefficient (Wildman–Crippen LogP) is 4.65. The van der Waals surface area contributed by atoms with Crippen LogP contribution in [0.15, 0.2) is 48.5 Å². The first-order valence-corrected chi connectivity index (χ1v) is 10.9. The summed E-state index contributed by atoms with van der Waals surface area (Å²) in [4.78, 5) is 49.2. The second-order valence-corrected chi connectivity index (χ2v) is 7.91. The van der Waals surface area contributed by atoms with Crippen LogP contribution in [0, 0.1) is 17.0 Å². The van der Waals surface area contributed by atoms with E-state index in [9.17, 15) is 24.5 Å². The molecule has 0 aliphatic rings. The lowest BCUT2D eigenvalue weighted by Gasteiger charge is -2.07. The van der Waals surface area contributed by atoms with Gasteiger partial charge in [0.15, 0.2) is 0 Å². The molecule has 3 aromatic rings. The average molecular weight is 484 g/mol. The minimum atomic E-state index is -0.791. The fraction of sp³-hybridized carbons (Fsp3) is 0.174. The number of nitro groups is 1. The van der Waals surface area contributed by atoms with Crippen LogP contribution in [-0.4, -0.2) is 36.4 Å². The van der Waals surface area contributed by atoms with Crippen molar-refractivity contribution in [2.24, 2.45) is 0 Å². The maximum Gasteiger partial charge on any atom is 0.341 e. The van der Waals surface area contributed by atoms with Crippen LogP contribution in [0.2, 0.25) is 0 Å². The zero-order valence-electron chi connectivity index (χ0n) is 18.5. The molecule has 10 nitrogen and oxygen atoms in total. The molecule has 0 radical (unpaired) electrons. The van der Waals surface area contributed by atoms with E-state index in [1.165, 1.54) is 31.4 Å². The monoisotopic (exact) mass is 483 g/mol. The van der Waals surface area contributed by atoms with Gasteiger partial charge < -0.3 is 20.1 Å². The molecule has 34 heavy (non-hydrogen) atoms. The Morgan fingerprint density at radius 1 is 1.03 bits per heavy atom. The lowest BCUT2D eigenvalue weighted by atomic mass is 10.1. The number of para-hydroxylation sites is 1. The van der Waals surface area contributed by atoms with Crippen molar-refractivity contribution >= 4 is 45.5 Å². The van der Waals surface area contributed by atoms with Crippen LogP contribution >= 0.6 is 11.3 Å². The van der Waals surface area contributed by atoms with Gasteiger partial charge >= 0.3 is 5.97 Å². The maximum absolute atomic E-state index is 12.9. The first kappa shape index (κ1) is 24.4. The summed E-state index contributed by atoms with van der Waals surface area (Å²) in [6.07, 6.45) is 0. The number of methoxy groups -OCH3 is 1. The molecule has 11 heteroatoms. The van der Waals surface area contributed by atoms with Crippen LogP contribution in [0.25, 0.3) is 0 Å². The molecule has 2 amide bonds. The van der Waals surface area contributed by atoms with Crippen LogP contribution in [0.3, 0.4) is 0 Å². The Kier molecular flexibility index (Phi) is 7.59. The van der Waals surface area contributed by atoms with Crippen LogP contribution in [0.4, 0.5) is 16.4 Å². The molecule has 0 aliphatic heterocycles. The van der Waals surface area contributed by atoms with Gasteiger partial charge in [0.25, 0.3) is 17.5 Å². The normalized spacial score (nSPS) is 10.3. The number of rotatable bonds is 8. The number of ether oxygens (including phenoxy) is 2. The number of carbonyl (C=O) groups excluding carboxylic acids is 3. The van der Waals surface area contributed by atoms with E-state index in [2.05, 4.69) is 10.6 Å². The van der Waals surface area contributed by atoms with E-state index in [0.29, 0.717) is 17.0 Å². The molecule has 0 fully saturated rings. The topological polar surface area (TPSA) is 137 Å². The summed E-state index contributed by atoms with van der Waals surface area (Å²) >= 11 is 0.873. The van der Waals surface area contributed by atoms with Crippen molar-refractivity contribution in [2.45, 2.75) is 13.8 Å².